The zero-order valence-corrected chi connectivity index (χ0v) is 18.2. The number of guanidine groups is 1. The van der Waals surface area contributed by atoms with Crippen molar-refractivity contribution in [3.8, 4) is 11.5 Å². The number of hydrogen-bond donors (Lipinski definition) is 3. The van der Waals surface area contributed by atoms with Gasteiger partial charge in [0.1, 0.15) is 12.7 Å². The number of hydrogen-bond acceptors (Lipinski definition) is 4. The van der Waals surface area contributed by atoms with E-state index < -0.39 is 0 Å². The van der Waals surface area contributed by atoms with Crippen LogP contribution in [0.3, 0.4) is 0 Å². The molecule has 8 heteroatoms. The quantitative estimate of drug-likeness (QED) is 0.336. The Hall–Kier alpha value is -2.49. The van der Waals surface area contributed by atoms with Gasteiger partial charge in [-0.3, -0.25) is 9.79 Å². The third-order valence-electron chi connectivity index (χ3n) is 4.16. The molecular formula is C20H25IN4O3. The summed E-state index contributed by atoms with van der Waals surface area (Å²) in [5.74, 6) is 2.08. The number of ether oxygens (including phenoxy) is 2. The first-order valence-corrected chi connectivity index (χ1v) is 8.83. The number of para-hydroxylation sites is 2. The summed E-state index contributed by atoms with van der Waals surface area (Å²) in [5, 5.41) is 9.11. The van der Waals surface area contributed by atoms with Crippen LogP contribution in [0.4, 0.5) is 0 Å². The highest BCUT2D eigenvalue weighted by atomic mass is 127. The Morgan fingerprint density at radius 1 is 1.14 bits per heavy atom. The van der Waals surface area contributed by atoms with Crippen molar-refractivity contribution < 1.29 is 14.3 Å². The van der Waals surface area contributed by atoms with Crippen LogP contribution in [0.25, 0.3) is 0 Å². The average Bonchev–Trinajstić information content (AvgIpc) is 2.73. The first-order valence-electron chi connectivity index (χ1n) is 8.83. The molecule has 0 aromatic heterocycles. The summed E-state index contributed by atoms with van der Waals surface area (Å²) in [6, 6.07) is 15.1. The number of aliphatic imine (C=N–C) groups is 1. The van der Waals surface area contributed by atoms with E-state index in [2.05, 4.69) is 20.9 Å². The van der Waals surface area contributed by atoms with E-state index in [9.17, 15) is 4.79 Å². The van der Waals surface area contributed by atoms with Gasteiger partial charge in [-0.05, 0) is 29.8 Å². The van der Waals surface area contributed by atoms with Crippen LogP contribution in [0.15, 0.2) is 53.5 Å². The molecule has 1 unspecified atom stereocenters. The number of rotatable bonds is 5. The van der Waals surface area contributed by atoms with Crippen molar-refractivity contribution in [3.05, 3.63) is 59.7 Å². The van der Waals surface area contributed by atoms with E-state index in [1.165, 1.54) is 0 Å². The number of benzene rings is 2. The van der Waals surface area contributed by atoms with Crippen LogP contribution >= 0.6 is 24.0 Å². The summed E-state index contributed by atoms with van der Waals surface area (Å²) in [7, 11) is 3.33. The van der Waals surface area contributed by atoms with Crippen LogP contribution < -0.4 is 25.4 Å². The summed E-state index contributed by atoms with van der Waals surface area (Å²) < 4.78 is 11.6. The lowest BCUT2D eigenvalue weighted by Crippen LogP contribution is -2.45. The van der Waals surface area contributed by atoms with Gasteiger partial charge in [0.2, 0.25) is 0 Å². The maximum Gasteiger partial charge on any atom is 0.251 e. The number of halogens is 1. The van der Waals surface area contributed by atoms with Crippen LogP contribution in [-0.4, -0.2) is 45.2 Å². The predicted octanol–water partition coefficient (Wildman–Crippen LogP) is 2.17. The first kappa shape index (κ1) is 21.8. The van der Waals surface area contributed by atoms with Gasteiger partial charge in [-0.1, -0.05) is 24.3 Å². The molecule has 0 spiro atoms. The van der Waals surface area contributed by atoms with Gasteiger partial charge in [0.15, 0.2) is 17.5 Å². The highest BCUT2D eigenvalue weighted by Gasteiger charge is 2.20. The largest absolute Gasteiger partial charge is 0.486 e. The standard InChI is InChI=1S/C20H24N4O3.HI/c1-21-19(25)15-7-5-6-14(10-15)11-23-20(22-2)24-12-16-13-26-17-8-3-4-9-18(17)27-16;/h3-10,16H,11-13H2,1-2H3,(H,21,25)(H2,22,23,24);1H. The van der Waals surface area contributed by atoms with Gasteiger partial charge >= 0.3 is 0 Å². The van der Waals surface area contributed by atoms with Gasteiger partial charge in [-0.2, -0.15) is 0 Å². The Morgan fingerprint density at radius 3 is 2.68 bits per heavy atom. The minimum Gasteiger partial charge on any atom is -0.486 e. The molecule has 1 aliphatic heterocycles. The van der Waals surface area contributed by atoms with Crippen LogP contribution in [-0.2, 0) is 6.54 Å². The van der Waals surface area contributed by atoms with Crippen molar-refractivity contribution >= 4 is 35.8 Å². The van der Waals surface area contributed by atoms with Gasteiger partial charge in [-0.25, -0.2) is 0 Å². The molecule has 7 nitrogen and oxygen atoms in total. The first-order chi connectivity index (χ1) is 13.2. The van der Waals surface area contributed by atoms with E-state index in [1.807, 2.05) is 42.5 Å². The van der Waals surface area contributed by atoms with Crippen LogP contribution in [0.1, 0.15) is 15.9 Å². The average molecular weight is 496 g/mol. The van der Waals surface area contributed by atoms with Crippen molar-refractivity contribution in [1.82, 2.24) is 16.0 Å². The van der Waals surface area contributed by atoms with E-state index in [1.54, 1.807) is 20.2 Å². The van der Waals surface area contributed by atoms with Gasteiger partial charge < -0.3 is 25.4 Å². The number of fused-ring (bicyclic) bond motifs is 1. The Labute approximate surface area is 181 Å². The molecule has 2 aromatic rings. The monoisotopic (exact) mass is 496 g/mol. The Kier molecular flexibility index (Phi) is 8.37. The molecule has 1 heterocycles. The number of carbonyl (C=O) groups excluding carboxylic acids is 1. The van der Waals surface area contributed by atoms with Gasteiger partial charge in [-0.15, -0.1) is 24.0 Å². The summed E-state index contributed by atoms with van der Waals surface area (Å²) >= 11 is 0. The molecule has 1 atom stereocenters. The molecule has 2 aromatic carbocycles. The molecule has 150 valence electrons. The van der Waals surface area contributed by atoms with Gasteiger partial charge in [0, 0.05) is 26.2 Å². The normalized spacial score (nSPS) is 15.2. The van der Waals surface area contributed by atoms with E-state index in [4.69, 9.17) is 9.47 Å². The SMILES string of the molecule is CN=C(NCc1cccc(C(=O)NC)c1)NCC1COc2ccccc2O1.I. The fraction of sp³-hybridized carbons (Fsp3) is 0.300. The maximum absolute atomic E-state index is 11.7. The van der Waals surface area contributed by atoms with Crippen molar-refractivity contribution in [1.29, 1.82) is 0 Å². The van der Waals surface area contributed by atoms with Crippen LogP contribution in [0, 0.1) is 0 Å². The number of nitrogens with zero attached hydrogens (tertiary/aromatic N) is 1. The Bertz CT molecular complexity index is 829. The van der Waals surface area contributed by atoms with Gasteiger partial charge in [0.25, 0.3) is 5.91 Å². The topological polar surface area (TPSA) is 84.0 Å². The fourth-order valence-electron chi connectivity index (χ4n) is 2.75. The van der Waals surface area contributed by atoms with Crippen LogP contribution in [0.2, 0.25) is 0 Å². The van der Waals surface area contributed by atoms with Crippen molar-refractivity contribution in [2.75, 3.05) is 27.2 Å². The lowest BCUT2D eigenvalue weighted by atomic mass is 10.1. The Balaban J connectivity index is 0.00000280. The number of carbonyl (C=O) groups is 1. The Morgan fingerprint density at radius 2 is 1.93 bits per heavy atom. The number of nitrogens with one attached hydrogen (secondary N) is 3. The smallest absolute Gasteiger partial charge is 0.251 e. The second kappa shape index (κ2) is 10.7. The maximum atomic E-state index is 11.7. The van der Waals surface area contributed by atoms with Crippen molar-refractivity contribution in [2.45, 2.75) is 12.6 Å². The molecule has 0 saturated carbocycles. The second-order valence-electron chi connectivity index (χ2n) is 6.08. The molecule has 0 saturated heterocycles. The summed E-state index contributed by atoms with van der Waals surface area (Å²) in [6.07, 6.45) is -0.102. The second-order valence-corrected chi connectivity index (χ2v) is 6.08. The molecular weight excluding hydrogens is 471 g/mol. The lowest BCUT2D eigenvalue weighted by Gasteiger charge is -2.27. The van der Waals surface area contributed by atoms with E-state index in [-0.39, 0.29) is 36.0 Å². The third-order valence-corrected chi connectivity index (χ3v) is 4.16. The third kappa shape index (κ3) is 5.75. The molecule has 0 bridgehead atoms. The van der Waals surface area contributed by atoms with E-state index in [0.717, 1.165) is 17.1 Å². The molecule has 3 rings (SSSR count). The van der Waals surface area contributed by atoms with E-state index >= 15 is 0 Å². The predicted molar refractivity (Wildman–Crippen MR) is 120 cm³/mol. The fourth-order valence-corrected chi connectivity index (χ4v) is 2.75. The summed E-state index contributed by atoms with van der Waals surface area (Å²) in [4.78, 5) is 16.0. The van der Waals surface area contributed by atoms with E-state index in [0.29, 0.717) is 31.2 Å². The minimum atomic E-state index is -0.103. The molecule has 0 fully saturated rings. The zero-order chi connectivity index (χ0) is 19.1. The summed E-state index contributed by atoms with van der Waals surface area (Å²) in [5.41, 5.74) is 1.62. The molecule has 1 amide bonds. The molecule has 0 aliphatic carbocycles. The number of amides is 1. The van der Waals surface area contributed by atoms with Crippen molar-refractivity contribution in [2.24, 2.45) is 4.99 Å². The molecule has 3 N–H and O–H groups in total. The zero-order valence-electron chi connectivity index (χ0n) is 15.9. The highest BCUT2D eigenvalue weighted by Crippen LogP contribution is 2.30. The molecule has 28 heavy (non-hydrogen) atoms. The summed E-state index contributed by atoms with van der Waals surface area (Å²) in [6.45, 7) is 1.59. The van der Waals surface area contributed by atoms with Gasteiger partial charge in [0.05, 0.1) is 6.54 Å². The minimum absolute atomic E-state index is 0. The van der Waals surface area contributed by atoms with Crippen molar-refractivity contribution in [3.63, 3.8) is 0 Å². The molecule has 0 radical (unpaired) electrons. The van der Waals surface area contributed by atoms with Crippen LogP contribution in [0.5, 0.6) is 11.5 Å². The highest BCUT2D eigenvalue weighted by molar-refractivity contribution is 14.0. The lowest BCUT2D eigenvalue weighted by molar-refractivity contribution is 0.0936. The molecule has 1 aliphatic rings.